The monoisotopic (exact) mass is 224 g/mol. The first-order valence-corrected chi connectivity index (χ1v) is 6.56. The van der Waals surface area contributed by atoms with Crippen LogP contribution in [0, 0.1) is 5.92 Å². The summed E-state index contributed by atoms with van der Waals surface area (Å²) in [5, 5.41) is 0. The normalized spacial score (nSPS) is 22.7. The van der Waals surface area contributed by atoms with Crippen LogP contribution in [0.25, 0.3) is 11.3 Å². The molecule has 1 unspecified atom stereocenters. The first kappa shape index (κ1) is 9.46. The van der Waals surface area contributed by atoms with Crippen molar-refractivity contribution >= 4 is 0 Å². The van der Waals surface area contributed by atoms with Crippen molar-refractivity contribution < 1.29 is 0 Å². The number of aromatic nitrogens is 2. The Morgan fingerprint density at radius 3 is 2.82 bits per heavy atom. The molecular formula is C15H16N2. The fourth-order valence-corrected chi connectivity index (χ4v) is 3.63. The Kier molecular flexibility index (Phi) is 1.92. The molecule has 1 aromatic carbocycles. The smallest absolute Gasteiger partial charge is 0.0956 e. The lowest BCUT2D eigenvalue weighted by atomic mass is 9.91. The van der Waals surface area contributed by atoms with Gasteiger partial charge in [-0.15, -0.1) is 0 Å². The summed E-state index contributed by atoms with van der Waals surface area (Å²) < 4.78 is 2.39. The van der Waals surface area contributed by atoms with E-state index in [0.717, 1.165) is 5.92 Å². The summed E-state index contributed by atoms with van der Waals surface area (Å²) in [5.74, 6) is 0.812. The Morgan fingerprint density at radius 1 is 1.12 bits per heavy atom. The Labute approximate surface area is 101 Å². The third kappa shape index (κ3) is 1.24. The second-order valence-electron chi connectivity index (χ2n) is 5.26. The SMILES string of the molecule is c1ccc2c(c1)-c1cncn1C2C1CCCC1. The van der Waals surface area contributed by atoms with Gasteiger partial charge >= 0.3 is 0 Å². The van der Waals surface area contributed by atoms with Crippen LogP contribution in [-0.4, -0.2) is 9.55 Å². The zero-order chi connectivity index (χ0) is 11.2. The van der Waals surface area contributed by atoms with Gasteiger partial charge in [-0.1, -0.05) is 37.1 Å². The van der Waals surface area contributed by atoms with Crippen LogP contribution in [0.3, 0.4) is 0 Å². The Bertz CT molecular complexity index is 550. The highest BCUT2D eigenvalue weighted by molar-refractivity contribution is 5.69. The molecule has 1 saturated carbocycles. The first-order valence-electron chi connectivity index (χ1n) is 6.56. The molecule has 0 amide bonds. The van der Waals surface area contributed by atoms with E-state index in [2.05, 4.69) is 33.8 Å². The minimum Gasteiger partial charge on any atom is -0.323 e. The van der Waals surface area contributed by atoms with E-state index in [9.17, 15) is 0 Å². The van der Waals surface area contributed by atoms with Gasteiger partial charge in [-0.2, -0.15) is 0 Å². The van der Waals surface area contributed by atoms with Crippen molar-refractivity contribution in [1.82, 2.24) is 9.55 Å². The van der Waals surface area contributed by atoms with E-state index in [-0.39, 0.29) is 0 Å². The van der Waals surface area contributed by atoms with Crippen LogP contribution in [0.2, 0.25) is 0 Å². The van der Waals surface area contributed by atoms with E-state index >= 15 is 0 Å². The lowest BCUT2D eigenvalue weighted by Crippen LogP contribution is -2.14. The van der Waals surface area contributed by atoms with Crippen molar-refractivity contribution in [2.24, 2.45) is 5.92 Å². The molecule has 1 aromatic heterocycles. The summed E-state index contributed by atoms with van der Waals surface area (Å²) in [6, 6.07) is 9.38. The van der Waals surface area contributed by atoms with Gasteiger partial charge in [0, 0.05) is 5.56 Å². The van der Waals surface area contributed by atoms with Gasteiger partial charge in [0.1, 0.15) is 0 Å². The fraction of sp³-hybridized carbons (Fsp3) is 0.400. The fourth-order valence-electron chi connectivity index (χ4n) is 3.63. The lowest BCUT2D eigenvalue weighted by Gasteiger charge is -2.21. The van der Waals surface area contributed by atoms with E-state index in [1.807, 2.05) is 12.5 Å². The van der Waals surface area contributed by atoms with Crippen molar-refractivity contribution in [3.63, 3.8) is 0 Å². The molecule has 0 saturated heterocycles. The highest BCUT2D eigenvalue weighted by atomic mass is 15.1. The Hall–Kier alpha value is -1.57. The number of hydrogen-bond acceptors (Lipinski definition) is 1. The van der Waals surface area contributed by atoms with Crippen LogP contribution >= 0.6 is 0 Å². The second kappa shape index (κ2) is 3.46. The van der Waals surface area contributed by atoms with Gasteiger partial charge in [-0.05, 0) is 24.3 Å². The predicted molar refractivity (Wildman–Crippen MR) is 67.8 cm³/mol. The third-order valence-electron chi connectivity index (χ3n) is 4.37. The minimum absolute atomic E-state index is 0.547. The van der Waals surface area contributed by atoms with Crippen molar-refractivity contribution in [3.8, 4) is 11.3 Å². The molecule has 86 valence electrons. The minimum atomic E-state index is 0.547. The van der Waals surface area contributed by atoms with E-state index in [1.54, 1.807) is 0 Å². The average molecular weight is 224 g/mol. The number of rotatable bonds is 1. The zero-order valence-corrected chi connectivity index (χ0v) is 9.84. The van der Waals surface area contributed by atoms with E-state index in [0.29, 0.717) is 6.04 Å². The molecule has 1 atom stereocenters. The molecule has 0 N–H and O–H groups in total. The highest BCUT2D eigenvalue weighted by Gasteiger charge is 2.35. The van der Waals surface area contributed by atoms with Gasteiger partial charge < -0.3 is 4.57 Å². The molecule has 0 bridgehead atoms. The van der Waals surface area contributed by atoms with Crippen LogP contribution < -0.4 is 0 Å². The molecular weight excluding hydrogens is 208 g/mol. The maximum absolute atomic E-state index is 4.33. The molecule has 1 fully saturated rings. The predicted octanol–water partition coefficient (Wildman–Crippen LogP) is 3.64. The molecule has 0 spiro atoms. The molecule has 2 aromatic rings. The maximum Gasteiger partial charge on any atom is 0.0956 e. The number of imidazole rings is 1. The van der Waals surface area contributed by atoms with Crippen molar-refractivity contribution in [2.45, 2.75) is 31.7 Å². The standard InChI is InChI=1S/C15H16N2/c1-2-6-11(5-1)15-13-8-4-3-7-12(13)14-9-16-10-17(14)15/h3-4,7-11,15H,1-2,5-6H2. The molecule has 2 heterocycles. The molecule has 2 heteroatoms. The van der Waals surface area contributed by atoms with E-state index < -0.39 is 0 Å². The summed E-state index contributed by atoms with van der Waals surface area (Å²) in [6.07, 6.45) is 9.56. The Balaban J connectivity index is 1.90. The van der Waals surface area contributed by atoms with Crippen molar-refractivity contribution in [3.05, 3.63) is 42.4 Å². The number of fused-ring (bicyclic) bond motifs is 3. The van der Waals surface area contributed by atoms with Gasteiger partial charge in [0.25, 0.3) is 0 Å². The second-order valence-corrected chi connectivity index (χ2v) is 5.26. The van der Waals surface area contributed by atoms with Crippen LogP contribution in [0.1, 0.15) is 37.3 Å². The molecule has 0 radical (unpaired) electrons. The summed E-state index contributed by atoms with van der Waals surface area (Å²) in [7, 11) is 0. The molecule has 2 nitrogen and oxygen atoms in total. The van der Waals surface area contributed by atoms with Gasteiger partial charge in [-0.3, -0.25) is 0 Å². The van der Waals surface area contributed by atoms with Gasteiger partial charge in [0.2, 0.25) is 0 Å². The van der Waals surface area contributed by atoms with E-state index in [1.165, 1.54) is 42.5 Å². The van der Waals surface area contributed by atoms with Gasteiger partial charge in [-0.25, -0.2) is 4.98 Å². The summed E-state index contributed by atoms with van der Waals surface area (Å²) in [6.45, 7) is 0. The van der Waals surface area contributed by atoms with Gasteiger partial charge in [0.05, 0.1) is 24.3 Å². The molecule has 1 aliphatic carbocycles. The quantitative estimate of drug-likeness (QED) is 0.723. The first-order chi connectivity index (χ1) is 8.45. The largest absolute Gasteiger partial charge is 0.323 e. The summed E-state index contributed by atoms with van der Waals surface area (Å²) >= 11 is 0. The number of hydrogen-bond donors (Lipinski definition) is 0. The van der Waals surface area contributed by atoms with Gasteiger partial charge in [0.15, 0.2) is 0 Å². The summed E-state index contributed by atoms with van der Waals surface area (Å²) in [4.78, 5) is 4.33. The topological polar surface area (TPSA) is 17.8 Å². The van der Waals surface area contributed by atoms with Crippen molar-refractivity contribution in [1.29, 1.82) is 0 Å². The highest BCUT2D eigenvalue weighted by Crippen LogP contribution is 2.47. The van der Waals surface area contributed by atoms with E-state index in [4.69, 9.17) is 0 Å². The molecule has 4 rings (SSSR count). The maximum atomic E-state index is 4.33. The molecule has 2 aliphatic rings. The van der Waals surface area contributed by atoms with Crippen LogP contribution in [-0.2, 0) is 0 Å². The molecule has 1 aliphatic heterocycles. The summed E-state index contributed by atoms with van der Waals surface area (Å²) in [5.41, 5.74) is 4.20. The average Bonchev–Trinajstić information content (AvgIpc) is 3.04. The lowest BCUT2D eigenvalue weighted by molar-refractivity contribution is 0.398. The zero-order valence-electron chi connectivity index (χ0n) is 9.84. The van der Waals surface area contributed by atoms with Crippen LogP contribution in [0.15, 0.2) is 36.8 Å². The number of nitrogens with zero attached hydrogens (tertiary/aromatic N) is 2. The Morgan fingerprint density at radius 2 is 1.94 bits per heavy atom. The van der Waals surface area contributed by atoms with Crippen LogP contribution in [0.4, 0.5) is 0 Å². The molecule has 17 heavy (non-hydrogen) atoms. The number of benzene rings is 1. The third-order valence-corrected chi connectivity index (χ3v) is 4.37. The van der Waals surface area contributed by atoms with Crippen LogP contribution in [0.5, 0.6) is 0 Å². The van der Waals surface area contributed by atoms with Crippen molar-refractivity contribution in [2.75, 3.05) is 0 Å².